The van der Waals surface area contributed by atoms with Gasteiger partial charge in [0.15, 0.2) is 5.82 Å². The van der Waals surface area contributed by atoms with Crippen LogP contribution in [0.5, 0.6) is 0 Å². The van der Waals surface area contributed by atoms with Crippen molar-refractivity contribution in [3.8, 4) is 23.3 Å². The monoisotopic (exact) mass is 295 g/mol. The van der Waals surface area contributed by atoms with E-state index in [9.17, 15) is 0 Å². The molecule has 3 rings (SSSR count). The topological polar surface area (TPSA) is 80.5 Å². The number of hydrogen-bond donors (Lipinski definition) is 1. The number of nitrogen functional groups attached to an aromatic ring is 1. The van der Waals surface area contributed by atoms with E-state index in [1.807, 2.05) is 24.3 Å². The molecule has 0 aliphatic rings. The Hall–Kier alpha value is -2.84. The second kappa shape index (κ2) is 5.27. The molecule has 0 saturated heterocycles. The predicted octanol–water partition coefficient (Wildman–Crippen LogP) is 3.04. The largest absolute Gasteiger partial charge is 0.399 e. The highest BCUT2D eigenvalue weighted by Gasteiger charge is 2.14. The molecular formula is C15H10ClN5. The Kier molecular flexibility index (Phi) is 3.30. The summed E-state index contributed by atoms with van der Waals surface area (Å²) in [5.74, 6) is 1.12. The third-order valence-corrected chi connectivity index (χ3v) is 3.38. The Bertz CT molecular complexity index is 847. The molecule has 2 N–H and O–H groups in total. The van der Waals surface area contributed by atoms with E-state index in [0.717, 1.165) is 5.56 Å². The van der Waals surface area contributed by atoms with Crippen molar-refractivity contribution in [3.63, 3.8) is 0 Å². The van der Waals surface area contributed by atoms with Crippen LogP contribution in [0.15, 0.2) is 48.9 Å². The Balaban J connectivity index is 2.19. The minimum absolute atomic E-state index is 0.295. The fourth-order valence-corrected chi connectivity index (χ4v) is 2.30. The summed E-state index contributed by atoms with van der Waals surface area (Å²) in [7, 11) is 0. The summed E-state index contributed by atoms with van der Waals surface area (Å²) in [4.78, 5) is 8.57. The van der Waals surface area contributed by atoms with Crippen molar-refractivity contribution in [3.05, 3.63) is 59.5 Å². The predicted molar refractivity (Wildman–Crippen MR) is 80.9 cm³/mol. The standard InChI is InChI=1S/C15H10ClN5/c16-13-11(9-17)4-5-19-15(13)21-7-6-20-14(21)10-2-1-3-12(18)8-10/h1-8H,18H2. The summed E-state index contributed by atoms with van der Waals surface area (Å²) in [6.45, 7) is 0. The summed E-state index contributed by atoms with van der Waals surface area (Å²) in [5, 5.41) is 9.35. The molecule has 0 radical (unpaired) electrons. The molecule has 0 atom stereocenters. The van der Waals surface area contributed by atoms with E-state index in [4.69, 9.17) is 22.6 Å². The summed E-state index contributed by atoms with van der Waals surface area (Å²) in [6.07, 6.45) is 4.94. The zero-order valence-corrected chi connectivity index (χ0v) is 11.6. The SMILES string of the molecule is N#Cc1ccnc(-n2ccnc2-c2cccc(N)c2)c1Cl. The molecule has 3 aromatic rings. The van der Waals surface area contributed by atoms with Crippen molar-refractivity contribution < 1.29 is 0 Å². The van der Waals surface area contributed by atoms with Crippen molar-refractivity contribution >= 4 is 17.3 Å². The fourth-order valence-electron chi connectivity index (χ4n) is 2.05. The smallest absolute Gasteiger partial charge is 0.158 e. The quantitative estimate of drug-likeness (QED) is 0.737. The van der Waals surface area contributed by atoms with Crippen LogP contribution in [-0.2, 0) is 0 Å². The van der Waals surface area contributed by atoms with Crippen molar-refractivity contribution in [2.45, 2.75) is 0 Å². The number of nitrogens with zero attached hydrogens (tertiary/aromatic N) is 4. The zero-order chi connectivity index (χ0) is 14.8. The van der Waals surface area contributed by atoms with E-state index in [1.54, 1.807) is 35.3 Å². The number of rotatable bonds is 2. The van der Waals surface area contributed by atoms with Crippen LogP contribution in [0.3, 0.4) is 0 Å². The molecule has 1 aromatic carbocycles. The minimum atomic E-state index is 0.295. The molecule has 0 saturated carbocycles. The summed E-state index contributed by atoms with van der Waals surface area (Å²) in [6, 6.07) is 11.0. The molecule has 0 fully saturated rings. The molecule has 0 amide bonds. The van der Waals surface area contributed by atoms with Crippen LogP contribution in [0.25, 0.3) is 17.2 Å². The molecule has 0 bridgehead atoms. The first-order valence-electron chi connectivity index (χ1n) is 6.15. The van der Waals surface area contributed by atoms with E-state index in [2.05, 4.69) is 9.97 Å². The van der Waals surface area contributed by atoms with Gasteiger partial charge in [0.25, 0.3) is 0 Å². The van der Waals surface area contributed by atoms with E-state index in [1.165, 1.54) is 0 Å². The molecular weight excluding hydrogens is 286 g/mol. The van der Waals surface area contributed by atoms with Gasteiger partial charge in [0.2, 0.25) is 0 Å². The molecule has 6 heteroatoms. The highest BCUT2D eigenvalue weighted by molar-refractivity contribution is 6.33. The highest BCUT2D eigenvalue weighted by Crippen LogP contribution is 2.27. The minimum Gasteiger partial charge on any atom is -0.399 e. The van der Waals surface area contributed by atoms with Crippen molar-refractivity contribution in [2.75, 3.05) is 5.73 Å². The van der Waals surface area contributed by atoms with Crippen molar-refractivity contribution in [1.82, 2.24) is 14.5 Å². The summed E-state index contributed by atoms with van der Waals surface area (Å²) < 4.78 is 1.73. The molecule has 21 heavy (non-hydrogen) atoms. The van der Waals surface area contributed by atoms with Gasteiger partial charge in [-0.05, 0) is 18.2 Å². The first-order valence-corrected chi connectivity index (χ1v) is 6.52. The van der Waals surface area contributed by atoms with Gasteiger partial charge in [-0.2, -0.15) is 5.26 Å². The number of nitriles is 1. The lowest BCUT2D eigenvalue weighted by molar-refractivity contribution is 1.00. The van der Waals surface area contributed by atoms with Gasteiger partial charge in [-0.25, -0.2) is 9.97 Å². The maximum absolute atomic E-state index is 9.06. The lowest BCUT2D eigenvalue weighted by atomic mass is 10.2. The van der Waals surface area contributed by atoms with E-state index in [-0.39, 0.29) is 0 Å². The average Bonchev–Trinajstić information content (AvgIpc) is 2.97. The molecule has 0 aliphatic carbocycles. The number of pyridine rings is 1. The number of halogens is 1. The number of nitrogens with two attached hydrogens (primary N) is 1. The maximum atomic E-state index is 9.06. The number of anilines is 1. The summed E-state index contributed by atoms with van der Waals surface area (Å²) in [5.41, 5.74) is 7.67. The number of imidazole rings is 1. The molecule has 0 aliphatic heterocycles. The van der Waals surface area contributed by atoms with E-state index in [0.29, 0.717) is 27.9 Å². The molecule has 2 aromatic heterocycles. The van der Waals surface area contributed by atoms with Gasteiger partial charge in [-0.3, -0.25) is 4.57 Å². The number of benzene rings is 1. The number of hydrogen-bond acceptors (Lipinski definition) is 4. The average molecular weight is 296 g/mol. The third-order valence-electron chi connectivity index (χ3n) is 3.01. The van der Waals surface area contributed by atoms with Crippen molar-refractivity contribution in [1.29, 1.82) is 5.26 Å². The van der Waals surface area contributed by atoms with Crippen molar-refractivity contribution in [2.24, 2.45) is 0 Å². The van der Waals surface area contributed by atoms with Gasteiger partial charge in [0.1, 0.15) is 16.9 Å². The second-order valence-electron chi connectivity index (χ2n) is 4.35. The van der Waals surface area contributed by atoms with Crippen LogP contribution in [0, 0.1) is 11.3 Å². The highest BCUT2D eigenvalue weighted by atomic mass is 35.5. The maximum Gasteiger partial charge on any atom is 0.158 e. The Morgan fingerprint density at radius 2 is 2.05 bits per heavy atom. The van der Waals surface area contributed by atoms with Crippen LogP contribution in [0.2, 0.25) is 5.02 Å². The van der Waals surface area contributed by atoms with Gasteiger partial charge < -0.3 is 5.73 Å². The van der Waals surface area contributed by atoms with Crippen LogP contribution in [-0.4, -0.2) is 14.5 Å². The second-order valence-corrected chi connectivity index (χ2v) is 4.73. The van der Waals surface area contributed by atoms with Crippen LogP contribution in [0.4, 0.5) is 5.69 Å². The molecule has 0 spiro atoms. The first-order chi connectivity index (χ1) is 10.2. The van der Waals surface area contributed by atoms with Gasteiger partial charge in [-0.15, -0.1) is 0 Å². The zero-order valence-electron chi connectivity index (χ0n) is 10.9. The Morgan fingerprint density at radius 1 is 1.19 bits per heavy atom. The lowest BCUT2D eigenvalue weighted by Gasteiger charge is -2.09. The lowest BCUT2D eigenvalue weighted by Crippen LogP contribution is -2.01. The van der Waals surface area contributed by atoms with Gasteiger partial charge >= 0.3 is 0 Å². The molecule has 0 unspecified atom stereocenters. The number of aromatic nitrogens is 3. The van der Waals surface area contributed by atoms with E-state index < -0.39 is 0 Å². The van der Waals surface area contributed by atoms with Crippen LogP contribution < -0.4 is 5.73 Å². The van der Waals surface area contributed by atoms with Gasteiger partial charge in [0, 0.05) is 29.8 Å². The fraction of sp³-hybridized carbons (Fsp3) is 0. The van der Waals surface area contributed by atoms with Gasteiger partial charge in [0.05, 0.1) is 5.56 Å². The Morgan fingerprint density at radius 3 is 2.81 bits per heavy atom. The molecule has 5 nitrogen and oxygen atoms in total. The first kappa shape index (κ1) is 13.2. The van der Waals surface area contributed by atoms with Crippen LogP contribution >= 0.6 is 11.6 Å². The van der Waals surface area contributed by atoms with E-state index >= 15 is 0 Å². The normalized spacial score (nSPS) is 10.3. The Labute approximate surface area is 126 Å². The molecule has 2 heterocycles. The van der Waals surface area contributed by atoms with Crippen LogP contribution in [0.1, 0.15) is 5.56 Å². The summed E-state index contributed by atoms with van der Waals surface area (Å²) >= 11 is 6.23. The molecule has 102 valence electrons. The third kappa shape index (κ3) is 2.33. The van der Waals surface area contributed by atoms with Gasteiger partial charge in [-0.1, -0.05) is 23.7 Å².